The molecular formula is C20H39BrO2Si2. The topological polar surface area (TPSA) is 18.5 Å². The molecule has 0 bridgehead atoms. The van der Waals surface area contributed by atoms with Crippen molar-refractivity contribution < 1.29 is 8.85 Å². The van der Waals surface area contributed by atoms with Crippen LogP contribution in [0.1, 0.15) is 54.4 Å². The van der Waals surface area contributed by atoms with Crippen LogP contribution >= 0.6 is 15.9 Å². The van der Waals surface area contributed by atoms with Crippen molar-refractivity contribution in [3.63, 3.8) is 0 Å². The predicted molar refractivity (Wildman–Crippen MR) is 120 cm³/mol. The molecular weight excluding hydrogens is 408 g/mol. The Kier molecular flexibility index (Phi) is 7.23. The van der Waals surface area contributed by atoms with Gasteiger partial charge in [0.05, 0.1) is 12.2 Å². The maximum atomic E-state index is 6.74. The molecule has 0 unspecified atom stereocenters. The standard InChI is InChI=1S/C20H39BrO2Si2/c1-12-15-13-16(22-24(8,9)19(2,3)4)14-17(18(15)21)23-25(10,11)20(5,6)7/h12,16-17H,1,13-14H2,2-11H3/t16-,17+/m1/s1. The minimum atomic E-state index is -1.84. The molecule has 146 valence electrons. The van der Waals surface area contributed by atoms with Gasteiger partial charge in [0.25, 0.3) is 0 Å². The van der Waals surface area contributed by atoms with Crippen molar-refractivity contribution in [3.05, 3.63) is 22.7 Å². The van der Waals surface area contributed by atoms with Crippen molar-refractivity contribution >= 4 is 32.6 Å². The fourth-order valence-corrected chi connectivity index (χ4v) is 5.89. The quantitative estimate of drug-likeness (QED) is 0.409. The lowest BCUT2D eigenvalue weighted by Gasteiger charge is -2.44. The third kappa shape index (κ3) is 5.64. The number of rotatable bonds is 5. The van der Waals surface area contributed by atoms with Gasteiger partial charge in [-0.15, -0.1) is 0 Å². The van der Waals surface area contributed by atoms with Crippen LogP contribution in [0.2, 0.25) is 36.3 Å². The first kappa shape index (κ1) is 23.4. The largest absolute Gasteiger partial charge is 0.413 e. The van der Waals surface area contributed by atoms with Crippen molar-refractivity contribution in [1.82, 2.24) is 0 Å². The SMILES string of the molecule is C=CC1=C(Br)[C@@H](O[Si](C)(C)C(C)(C)C)C[C@H](O[Si](C)(C)C(C)(C)C)C1. The molecule has 0 spiro atoms. The first-order chi connectivity index (χ1) is 11.0. The van der Waals surface area contributed by atoms with Gasteiger partial charge in [0.15, 0.2) is 16.6 Å². The Morgan fingerprint density at radius 2 is 1.40 bits per heavy atom. The Morgan fingerprint density at radius 3 is 1.80 bits per heavy atom. The molecule has 0 saturated heterocycles. The summed E-state index contributed by atoms with van der Waals surface area (Å²) in [6.07, 6.45) is 4.11. The third-order valence-electron chi connectivity index (χ3n) is 6.27. The molecule has 0 saturated carbocycles. The van der Waals surface area contributed by atoms with Crippen LogP contribution in [-0.4, -0.2) is 28.8 Å². The maximum absolute atomic E-state index is 6.74. The Balaban J connectivity index is 3.06. The van der Waals surface area contributed by atoms with E-state index in [1.165, 1.54) is 10.1 Å². The molecule has 1 aliphatic rings. The van der Waals surface area contributed by atoms with Crippen LogP contribution in [0.3, 0.4) is 0 Å². The van der Waals surface area contributed by atoms with Crippen LogP contribution in [0.5, 0.6) is 0 Å². The highest BCUT2D eigenvalue weighted by Crippen LogP contribution is 2.44. The highest BCUT2D eigenvalue weighted by molar-refractivity contribution is 9.11. The lowest BCUT2D eigenvalue weighted by molar-refractivity contribution is 0.104. The van der Waals surface area contributed by atoms with E-state index in [2.05, 4.69) is 90.2 Å². The lowest BCUT2D eigenvalue weighted by Crippen LogP contribution is -2.48. The van der Waals surface area contributed by atoms with Gasteiger partial charge in [-0.2, -0.15) is 0 Å². The van der Waals surface area contributed by atoms with Gasteiger partial charge in [-0.05, 0) is 48.3 Å². The van der Waals surface area contributed by atoms with E-state index in [1.807, 2.05) is 6.08 Å². The van der Waals surface area contributed by atoms with Crippen molar-refractivity contribution in [2.75, 3.05) is 0 Å². The van der Waals surface area contributed by atoms with Crippen molar-refractivity contribution in [2.24, 2.45) is 0 Å². The zero-order chi connectivity index (χ0) is 19.8. The smallest absolute Gasteiger partial charge is 0.192 e. The predicted octanol–water partition coefficient (Wildman–Crippen LogP) is 7.40. The fraction of sp³-hybridized carbons (Fsp3) is 0.800. The highest BCUT2D eigenvalue weighted by Gasteiger charge is 2.44. The van der Waals surface area contributed by atoms with Gasteiger partial charge in [-0.25, -0.2) is 0 Å². The van der Waals surface area contributed by atoms with Crippen molar-refractivity contribution in [2.45, 2.75) is 103 Å². The molecule has 1 rings (SSSR count). The molecule has 0 N–H and O–H groups in total. The Hall–Kier alpha value is 0.314. The van der Waals surface area contributed by atoms with E-state index in [0.717, 1.165) is 12.8 Å². The van der Waals surface area contributed by atoms with E-state index in [-0.39, 0.29) is 22.3 Å². The monoisotopic (exact) mass is 446 g/mol. The minimum Gasteiger partial charge on any atom is -0.413 e. The molecule has 25 heavy (non-hydrogen) atoms. The average molecular weight is 448 g/mol. The molecule has 0 heterocycles. The van der Waals surface area contributed by atoms with Crippen LogP contribution in [0.15, 0.2) is 22.7 Å². The molecule has 5 heteroatoms. The summed E-state index contributed by atoms with van der Waals surface area (Å²) in [5.41, 5.74) is 1.23. The number of halogens is 1. The van der Waals surface area contributed by atoms with Crippen LogP contribution < -0.4 is 0 Å². The number of hydrogen-bond acceptors (Lipinski definition) is 2. The van der Waals surface area contributed by atoms with E-state index >= 15 is 0 Å². The molecule has 0 fully saturated rings. The van der Waals surface area contributed by atoms with Gasteiger partial charge in [0.2, 0.25) is 0 Å². The summed E-state index contributed by atoms with van der Waals surface area (Å²) < 4.78 is 14.6. The Labute approximate surface area is 166 Å². The van der Waals surface area contributed by atoms with Crippen LogP contribution in [0.4, 0.5) is 0 Å². The van der Waals surface area contributed by atoms with Crippen LogP contribution in [0, 0.1) is 0 Å². The van der Waals surface area contributed by atoms with E-state index in [1.54, 1.807) is 0 Å². The third-order valence-corrected chi connectivity index (χ3v) is 16.3. The van der Waals surface area contributed by atoms with Crippen molar-refractivity contribution in [3.8, 4) is 0 Å². The first-order valence-corrected chi connectivity index (χ1v) is 16.0. The molecule has 0 aromatic carbocycles. The van der Waals surface area contributed by atoms with Gasteiger partial charge in [-0.1, -0.05) is 70.1 Å². The van der Waals surface area contributed by atoms with Crippen molar-refractivity contribution in [1.29, 1.82) is 0 Å². The Bertz CT molecular complexity index is 525. The van der Waals surface area contributed by atoms with E-state index in [9.17, 15) is 0 Å². The zero-order valence-electron chi connectivity index (χ0n) is 18.0. The summed E-state index contributed by atoms with van der Waals surface area (Å²) in [5, 5.41) is 0.414. The molecule has 0 radical (unpaired) electrons. The van der Waals surface area contributed by atoms with Gasteiger partial charge in [0.1, 0.15) is 0 Å². The van der Waals surface area contributed by atoms with Crippen LogP contribution in [0.25, 0.3) is 0 Å². The summed E-state index contributed by atoms with van der Waals surface area (Å²) in [5.74, 6) is 0. The second-order valence-electron chi connectivity index (χ2n) is 10.4. The second-order valence-corrected chi connectivity index (χ2v) is 20.8. The molecule has 0 aromatic rings. The first-order valence-electron chi connectivity index (χ1n) is 9.38. The molecule has 0 aliphatic heterocycles. The fourth-order valence-electron chi connectivity index (χ4n) is 2.47. The second kappa shape index (κ2) is 7.74. The molecule has 2 atom stereocenters. The summed E-state index contributed by atoms with van der Waals surface area (Å²) in [6, 6.07) is 0. The Morgan fingerprint density at radius 1 is 0.960 bits per heavy atom. The van der Waals surface area contributed by atoms with E-state index in [0.29, 0.717) is 0 Å². The minimum absolute atomic E-state index is 0.0809. The summed E-state index contributed by atoms with van der Waals surface area (Å²) in [7, 11) is -3.64. The summed E-state index contributed by atoms with van der Waals surface area (Å²) >= 11 is 3.81. The number of hydrogen-bond donors (Lipinski definition) is 0. The normalized spacial score (nSPS) is 23.8. The van der Waals surface area contributed by atoms with Gasteiger partial charge in [0, 0.05) is 10.9 Å². The number of allylic oxidation sites excluding steroid dienone is 1. The molecule has 1 aliphatic carbocycles. The van der Waals surface area contributed by atoms with E-state index in [4.69, 9.17) is 8.85 Å². The molecule has 0 amide bonds. The van der Waals surface area contributed by atoms with E-state index < -0.39 is 16.6 Å². The average Bonchev–Trinajstić information content (AvgIpc) is 2.38. The lowest BCUT2D eigenvalue weighted by atomic mass is 9.95. The summed E-state index contributed by atoms with van der Waals surface area (Å²) in [4.78, 5) is 0. The maximum Gasteiger partial charge on any atom is 0.192 e. The van der Waals surface area contributed by atoms with Gasteiger partial charge in [-0.3, -0.25) is 0 Å². The molecule has 2 nitrogen and oxygen atoms in total. The highest BCUT2D eigenvalue weighted by atomic mass is 79.9. The summed E-state index contributed by atoms with van der Waals surface area (Å²) in [6.45, 7) is 27.1. The zero-order valence-corrected chi connectivity index (χ0v) is 21.6. The van der Waals surface area contributed by atoms with Gasteiger partial charge < -0.3 is 8.85 Å². The van der Waals surface area contributed by atoms with Gasteiger partial charge >= 0.3 is 0 Å². The molecule has 0 aromatic heterocycles. The van der Waals surface area contributed by atoms with Crippen LogP contribution in [-0.2, 0) is 8.85 Å².